The van der Waals surface area contributed by atoms with E-state index >= 15 is 0 Å². The topological polar surface area (TPSA) is 32.3 Å². The number of aliphatic hydroxyl groups is 1. The summed E-state index contributed by atoms with van der Waals surface area (Å²) in [4.78, 5) is 0. The van der Waals surface area contributed by atoms with Gasteiger partial charge in [0.25, 0.3) is 0 Å². The van der Waals surface area contributed by atoms with Crippen molar-refractivity contribution in [3.63, 3.8) is 0 Å². The zero-order valence-electron chi connectivity index (χ0n) is 7.79. The van der Waals surface area contributed by atoms with Crippen LogP contribution < -0.4 is 5.32 Å². The first-order chi connectivity index (χ1) is 5.77. The Morgan fingerprint density at radius 3 is 2.67 bits per heavy atom. The van der Waals surface area contributed by atoms with Crippen molar-refractivity contribution in [2.24, 2.45) is 11.8 Å². The van der Waals surface area contributed by atoms with E-state index in [1.807, 2.05) is 0 Å². The van der Waals surface area contributed by atoms with E-state index in [0.717, 1.165) is 24.8 Å². The molecule has 0 spiro atoms. The summed E-state index contributed by atoms with van der Waals surface area (Å²) in [5.74, 6) is 1.83. The molecule has 0 aliphatic heterocycles. The fourth-order valence-electron chi connectivity index (χ4n) is 2.16. The van der Waals surface area contributed by atoms with Gasteiger partial charge in [-0.2, -0.15) is 0 Å². The zero-order valence-corrected chi connectivity index (χ0v) is 7.79. The fraction of sp³-hybridized carbons (Fsp3) is 1.00. The highest BCUT2D eigenvalue weighted by atomic mass is 16.3. The van der Waals surface area contributed by atoms with Crippen molar-refractivity contribution in [1.29, 1.82) is 0 Å². The molecule has 2 aliphatic rings. The van der Waals surface area contributed by atoms with E-state index in [1.54, 1.807) is 0 Å². The Morgan fingerprint density at radius 1 is 1.42 bits per heavy atom. The predicted octanol–water partition coefficient (Wildman–Crippen LogP) is 1.15. The van der Waals surface area contributed by atoms with Gasteiger partial charge < -0.3 is 10.4 Å². The molecule has 0 aromatic carbocycles. The SMILES string of the molecule is CC1CC1CNC1CCCC1O. The number of aliphatic hydroxyl groups excluding tert-OH is 1. The molecular formula is C10H19NO. The molecule has 12 heavy (non-hydrogen) atoms. The first-order valence-electron chi connectivity index (χ1n) is 5.19. The van der Waals surface area contributed by atoms with Crippen LogP contribution in [0.4, 0.5) is 0 Å². The van der Waals surface area contributed by atoms with Crippen LogP contribution in [-0.2, 0) is 0 Å². The molecule has 2 N–H and O–H groups in total. The van der Waals surface area contributed by atoms with Crippen molar-refractivity contribution in [2.75, 3.05) is 6.54 Å². The maximum absolute atomic E-state index is 9.53. The number of hydrogen-bond donors (Lipinski definition) is 2. The average molecular weight is 169 g/mol. The Balaban J connectivity index is 1.65. The van der Waals surface area contributed by atoms with Crippen LogP contribution in [0.1, 0.15) is 32.6 Å². The highest BCUT2D eigenvalue weighted by Crippen LogP contribution is 2.37. The van der Waals surface area contributed by atoms with Crippen molar-refractivity contribution >= 4 is 0 Å². The highest BCUT2D eigenvalue weighted by molar-refractivity contribution is 4.88. The van der Waals surface area contributed by atoms with Gasteiger partial charge in [-0.3, -0.25) is 0 Å². The van der Waals surface area contributed by atoms with Crippen LogP contribution >= 0.6 is 0 Å². The molecule has 0 amide bonds. The standard InChI is InChI=1S/C10H19NO/c1-7-5-8(7)6-11-9-3-2-4-10(9)12/h7-12H,2-6H2,1H3. The largest absolute Gasteiger partial charge is 0.392 e. The lowest BCUT2D eigenvalue weighted by atomic mass is 10.2. The molecule has 0 bridgehead atoms. The second kappa shape index (κ2) is 3.35. The molecule has 0 heterocycles. The van der Waals surface area contributed by atoms with Crippen molar-refractivity contribution in [3.8, 4) is 0 Å². The van der Waals surface area contributed by atoms with Crippen LogP contribution in [-0.4, -0.2) is 23.8 Å². The van der Waals surface area contributed by atoms with Gasteiger partial charge in [-0.25, -0.2) is 0 Å². The molecular weight excluding hydrogens is 150 g/mol. The summed E-state index contributed by atoms with van der Waals surface area (Å²) in [6, 6.07) is 0.401. The Labute approximate surface area is 74.4 Å². The molecule has 0 aromatic rings. The Morgan fingerprint density at radius 2 is 2.17 bits per heavy atom. The van der Waals surface area contributed by atoms with E-state index in [9.17, 15) is 5.11 Å². The summed E-state index contributed by atoms with van der Waals surface area (Å²) in [6.07, 6.45) is 4.67. The van der Waals surface area contributed by atoms with E-state index in [2.05, 4.69) is 12.2 Å². The quantitative estimate of drug-likeness (QED) is 0.664. The van der Waals surface area contributed by atoms with Crippen LogP contribution in [0.3, 0.4) is 0 Å². The summed E-state index contributed by atoms with van der Waals surface area (Å²) in [7, 11) is 0. The van der Waals surface area contributed by atoms with Gasteiger partial charge in [0.15, 0.2) is 0 Å². The van der Waals surface area contributed by atoms with E-state index in [4.69, 9.17) is 0 Å². The average Bonchev–Trinajstić information content (AvgIpc) is 2.57. The van der Waals surface area contributed by atoms with Gasteiger partial charge in [-0.05, 0) is 44.1 Å². The van der Waals surface area contributed by atoms with E-state index in [0.29, 0.717) is 6.04 Å². The maximum Gasteiger partial charge on any atom is 0.0693 e. The van der Waals surface area contributed by atoms with Gasteiger partial charge in [-0.1, -0.05) is 6.92 Å². The molecule has 2 saturated carbocycles. The fourth-order valence-corrected chi connectivity index (χ4v) is 2.16. The van der Waals surface area contributed by atoms with Crippen LogP contribution in [0, 0.1) is 11.8 Å². The number of nitrogens with one attached hydrogen (secondary N) is 1. The third-order valence-corrected chi connectivity index (χ3v) is 3.40. The third kappa shape index (κ3) is 1.80. The first-order valence-corrected chi connectivity index (χ1v) is 5.19. The first kappa shape index (κ1) is 8.52. The lowest BCUT2D eigenvalue weighted by Gasteiger charge is -2.15. The summed E-state index contributed by atoms with van der Waals surface area (Å²) in [6.45, 7) is 3.43. The van der Waals surface area contributed by atoms with Crippen molar-refractivity contribution < 1.29 is 5.11 Å². The van der Waals surface area contributed by atoms with E-state index < -0.39 is 0 Å². The van der Waals surface area contributed by atoms with Crippen LogP contribution in [0.15, 0.2) is 0 Å². The number of hydrogen-bond acceptors (Lipinski definition) is 2. The molecule has 2 aliphatic carbocycles. The van der Waals surface area contributed by atoms with Crippen molar-refractivity contribution in [3.05, 3.63) is 0 Å². The lowest BCUT2D eigenvalue weighted by molar-refractivity contribution is 0.148. The van der Waals surface area contributed by atoms with Gasteiger partial charge in [0.1, 0.15) is 0 Å². The van der Waals surface area contributed by atoms with Gasteiger partial charge in [0, 0.05) is 6.04 Å². The molecule has 0 aromatic heterocycles. The maximum atomic E-state index is 9.53. The number of rotatable bonds is 3. The van der Waals surface area contributed by atoms with Crippen LogP contribution in [0.25, 0.3) is 0 Å². The minimum atomic E-state index is -0.0703. The van der Waals surface area contributed by atoms with Crippen LogP contribution in [0.5, 0.6) is 0 Å². The molecule has 2 nitrogen and oxygen atoms in total. The summed E-state index contributed by atoms with van der Waals surface area (Å²) >= 11 is 0. The molecule has 4 unspecified atom stereocenters. The zero-order chi connectivity index (χ0) is 8.55. The molecule has 0 radical (unpaired) electrons. The Hall–Kier alpha value is -0.0800. The molecule has 0 saturated heterocycles. The van der Waals surface area contributed by atoms with Crippen molar-refractivity contribution in [2.45, 2.75) is 44.8 Å². The van der Waals surface area contributed by atoms with Gasteiger partial charge in [-0.15, -0.1) is 0 Å². The monoisotopic (exact) mass is 169 g/mol. The van der Waals surface area contributed by atoms with E-state index in [-0.39, 0.29) is 6.10 Å². The summed E-state index contributed by atoms with van der Waals surface area (Å²) in [5.41, 5.74) is 0. The molecule has 70 valence electrons. The molecule has 2 fully saturated rings. The minimum Gasteiger partial charge on any atom is -0.392 e. The van der Waals surface area contributed by atoms with Gasteiger partial charge in [0.2, 0.25) is 0 Å². The normalized spacial score (nSPS) is 46.5. The minimum absolute atomic E-state index is 0.0703. The van der Waals surface area contributed by atoms with E-state index in [1.165, 1.54) is 19.3 Å². The smallest absolute Gasteiger partial charge is 0.0693 e. The Kier molecular flexibility index (Phi) is 2.37. The summed E-state index contributed by atoms with van der Waals surface area (Å²) in [5, 5.41) is 13.0. The van der Waals surface area contributed by atoms with Gasteiger partial charge >= 0.3 is 0 Å². The van der Waals surface area contributed by atoms with Crippen LogP contribution in [0.2, 0.25) is 0 Å². The highest BCUT2D eigenvalue weighted by Gasteiger charge is 2.33. The third-order valence-electron chi connectivity index (χ3n) is 3.40. The molecule has 2 heteroatoms. The lowest BCUT2D eigenvalue weighted by Crippen LogP contribution is -2.36. The molecule has 4 atom stereocenters. The second-order valence-electron chi connectivity index (χ2n) is 4.49. The predicted molar refractivity (Wildman–Crippen MR) is 48.9 cm³/mol. The van der Waals surface area contributed by atoms with Gasteiger partial charge in [0.05, 0.1) is 6.10 Å². The van der Waals surface area contributed by atoms with Crippen molar-refractivity contribution in [1.82, 2.24) is 5.32 Å². The summed E-state index contributed by atoms with van der Waals surface area (Å²) < 4.78 is 0. The Bertz CT molecular complexity index is 160. The second-order valence-corrected chi connectivity index (χ2v) is 4.49. The molecule has 2 rings (SSSR count).